The van der Waals surface area contributed by atoms with Gasteiger partial charge in [-0.1, -0.05) is 18.2 Å². The van der Waals surface area contributed by atoms with Crippen molar-refractivity contribution >= 4 is 10.0 Å². The first kappa shape index (κ1) is 11.7. The van der Waals surface area contributed by atoms with Crippen molar-refractivity contribution in [3.63, 3.8) is 0 Å². The van der Waals surface area contributed by atoms with Crippen molar-refractivity contribution in [2.75, 3.05) is 0 Å². The third kappa shape index (κ3) is 2.89. The Labute approximate surface area is 99.4 Å². The summed E-state index contributed by atoms with van der Waals surface area (Å²) in [5, 5.41) is 3.99. The predicted molar refractivity (Wildman–Crippen MR) is 61.5 cm³/mol. The second-order valence-corrected chi connectivity index (χ2v) is 5.24. The minimum atomic E-state index is -3.49. The fourth-order valence-corrected chi connectivity index (χ4v) is 2.31. The minimum Gasteiger partial charge on any atom is -0.256 e. The van der Waals surface area contributed by atoms with Gasteiger partial charge in [0.2, 0.25) is 10.0 Å². The Morgan fingerprint density at radius 2 is 2.00 bits per heavy atom. The summed E-state index contributed by atoms with van der Waals surface area (Å²) in [5.41, 5.74) is 0. The van der Waals surface area contributed by atoms with Crippen molar-refractivity contribution in [3.8, 4) is 0 Å². The van der Waals surface area contributed by atoms with Crippen LogP contribution in [0.3, 0.4) is 0 Å². The molecule has 0 atom stereocenters. The van der Waals surface area contributed by atoms with E-state index in [0.29, 0.717) is 5.82 Å². The average Bonchev–Trinajstić information content (AvgIpc) is 2.74. The van der Waals surface area contributed by atoms with Gasteiger partial charge in [0.1, 0.15) is 6.33 Å². The number of nitrogens with one attached hydrogen (secondary N) is 1. The summed E-state index contributed by atoms with van der Waals surface area (Å²) in [7, 11) is -1.76. The van der Waals surface area contributed by atoms with Gasteiger partial charge in [-0.3, -0.25) is 4.68 Å². The van der Waals surface area contributed by atoms with Gasteiger partial charge in [-0.05, 0) is 12.1 Å². The van der Waals surface area contributed by atoms with Crippen LogP contribution in [0.1, 0.15) is 5.82 Å². The van der Waals surface area contributed by atoms with E-state index in [9.17, 15) is 8.42 Å². The molecular formula is C10H12N4O2S. The molecule has 0 aliphatic heterocycles. The van der Waals surface area contributed by atoms with E-state index in [0.717, 1.165) is 0 Å². The van der Waals surface area contributed by atoms with Crippen LogP contribution in [-0.4, -0.2) is 23.2 Å². The zero-order valence-electron chi connectivity index (χ0n) is 9.24. The number of nitrogens with zero attached hydrogens (tertiary/aromatic N) is 3. The lowest BCUT2D eigenvalue weighted by Gasteiger charge is -2.03. The van der Waals surface area contributed by atoms with Gasteiger partial charge >= 0.3 is 0 Å². The summed E-state index contributed by atoms with van der Waals surface area (Å²) >= 11 is 0. The lowest BCUT2D eigenvalue weighted by Crippen LogP contribution is -2.23. The molecule has 1 aromatic heterocycles. The maximum Gasteiger partial charge on any atom is 0.240 e. The van der Waals surface area contributed by atoms with Crippen LogP contribution < -0.4 is 4.72 Å². The third-order valence-corrected chi connectivity index (χ3v) is 3.54. The zero-order chi connectivity index (χ0) is 12.3. The van der Waals surface area contributed by atoms with E-state index in [1.165, 1.54) is 23.1 Å². The second-order valence-electron chi connectivity index (χ2n) is 3.47. The van der Waals surface area contributed by atoms with Crippen LogP contribution in [0.2, 0.25) is 0 Å². The molecule has 0 saturated carbocycles. The molecule has 0 fully saturated rings. The molecule has 7 heteroatoms. The first-order valence-corrected chi connectivity index (χ1v) is 6.45. The minimum absolute atomic E-state index is 0.0814. The molecule has 17 heavy (non-hydrogen) atoms. The number of aromatic nitrogens is 3. The first-order valence-electron chi connectivity index (χ1n) is 4.97. The van der Waals surface area contributed by atoms with Gasteiger partial charge in [0, 0.05) is 7.05 Å². The second kappa shape index (κ2) is 4.64. The van der Waals surface area contributed by atoms with Crippen LogP contribution in [0.15, 0.2) is 41.6 Å². The number of hydrogen-bond acceptors (Lipinski definition) is 4. The fourth-order valence-electron chi connectivity index (χ4n) is 1.31. The van der Waals surface area contributed by atoms with Gasteiger partial charge in [0.25, 0.3) is 0 Å². The van der Waals surface area contributed by atoms with E-state index in [4.69, 9.17) is 0 Å². The van der Waals surface area contributed by atoms with E-state index >= 15 is 0 Å². The molecule has 6 nitrogen and oxygen atoms in total. The molecule has 0 amide bonds. The molecule has 0 saturated heterocycles. The zero-order valence-corrected chi connectivity index (χ0v) is 10.1. The molecule has 0 spiro atoms. The Bertz CT molecular complexity index is 592. The lowest BCUT2D eigenvalue weighted by molar-refractivity contribution is 0.578. The van der Waals surface area contributed by atoms with E-state index in [1.54, 1.807) is 25.2 Å². The fraction of sp³-hybridized carbons (Fsp3) is 0.200. The van der Waals surface area contributed by atoms with Gasteiger partial charge < -0.3 is 0 Å². The van der Waals surface area contributed by atoms with Crippen LogP contribution in [-0.2, 0) is 23.6 Å². The smallest absolute Gasteiger partial charge is 0.240 e. The predicted octanol–water partition coefficient (Wildman–Crippen LogP) is 0.294. The Morgan fingerprint density at radius 3 is 2.59 bits per heavy atom. The molecule has 0 unspecified atom stereocenters. The largest absolute Gasteiger partial charge is 0.256 e. The Balaban J connectivity index is 2.09. The molecule has 0 aliphatic rings. The van der Waals surface area contributed by atoms with Crippen LogP contribution in [0, 0.1) is 0 Å². The molecule has 2 aromatic rings. The van der Waals surface area contributed by atoms with Gasteiger partial charge in [0.05, 0.1) is 11.4 Å². The quantitative estimate of drug-likeness (QED) is 0.848. The standard InChI is InChI=1S/C10H12N4O2S/c1-14-8-11-10(13-14)7-12-17(15,16)9-5-3-2-4-6-9/h2-6,8,12H,7H2,1H3. The molecule has 90 valence electrons. The summed E-state index contributed by atoms with van der Waals surface area (Å²) in [4.78, 5) is 4.17. The highest BCUT2D eigenvalue weighted by atomic mass is 32.2. The van der Waals surface area contributed by atoms with Crippen molar-refractivity contribution in [2.45, 2.75) is 11.4 Å². The topological polar surface area (TPSA) is 76.9 Å². The van der Waals surface area contributed by atoms with Crippen LogP contribution >= 0.6 is 0 Å². The van der Waals surface area contributed by atoms with Gasteiger partial charge in [-0.25, -0.2) is 18.1 Å². The normalized spacial score (nSPS) is 11.6. The molecule has 0 aliphatic carbocycles. The maximum absolute atomic E-state index is 11.8. The van der Waals surface area contributed by atoms with E-state index in [1.807, 2.05) is 0 Å². The van der Waals surface area contributed by atoms with Crippen molar-refractivity contribution in [1.82, 2.24) is 19.5 Å². The number of rotatable bonds is 4. The van der Waals surface area contributed by atoms with Gasteiger partial charge in [0.15, 0.2) is 5.82 Å². The molecule has 1 aromatic carbocycles. The van der Waals surface area contributed by atoms with Crippen molar-refractivity contribution in [2.24, 2.45) is 7.05 Å². The van der Waals surface area contributed by atoms with Crippen molar-refractivity contribution < 1.29 is 8.42 Å². The summed E-state index contributed by atoms with van der Waals surface area (Å²) < 4.78 is 27.6. The molecule has 2 rings (SSSR count). The van der Waals surface area contributed by atoms with Gasteiger partial charge in [-0.2, -0.15) is 5.10 Å². The number of hydrogen-bond donors (Lipinski definition) is 1. The highest BCUT2D eigenvalue weighted by molar-refractivity contribution is 7.89. The van der Waals surface area contributed by atoms with E-state index in [-0.39, 0.29) is 11.4 Å². The van der Waals surface area contributed by atoms with Crippen LogP contribution in [0.5, 0.6) is 0 Å². The van der Waals surface area contributed by atoms with Crippen molar-refractivity contribution in [1.29, 1.82) is 0 Å². The molecule has 1 heterocycles. The van der Waals surface area contributed by atoms with Crippen LogP contribution in [0.4, 0.5) is 0 Å². The Hall–Kier alpha value is -1.73. The van der Waals surface area contributed by atoms with E-state index in [2.05, 4.69) is 14.8 Å². The Kier molecular flexibility index (Phi) is 3.21. The highest BCUT2D eigenvalue weighted by Gasteiger charge is 2.13. The number of sulfonamides is 1. The van der Waals surface area contributed by atoms with Crippen molar-refractivity contribution in [3.05, 3.63) is 42.5 Å². The SMILES string of the molecule is Cn1cnc(CNS(=O)(=O)c2ccccc2)n1. The summed E-state index contributed by atoms with van der Waals surface area (Å²) in [5.74, 6) is 0.437. The molecule has 1 N–H and O–H groups in total. The van der Waals surface area contributed by atoms with Crippen LogP contribution in [0.25, 0.3) is 0 Å². The summed E-state index contributed by atoms with van der Waals surface area (Å²) in [6.45, 7) is 0.0814. The van der Waals surface area contributed by atoms with E-state index < -0.39 is 10.0 Å². The number of benzene rings is 1. The lowest BCUT2D eigenvalue weighted by atomic mass is 10.4. The monoisotopic (exact) mass is 252 g/mol. The molecular weight excluding hydrogens is 240 g/mol. The Morgan fingerprint density at radius 1 is 1.29 bits per heavy atom. The third-order valence-electron chi connectivity index (χ3n) is 2.12. The molecule has 0 radical (unpaired) electrons. The summed E-state index contributed by atoms with van der Waals surface area (Å²) in [6.07, 6.45) is 1.52. The molecule has 0 bridgehead atoms. The first-order chi connectivity index (χ1) is 8.08. The number of aryl methyl sites for hydroxylation is 1. The highest BCUT2D eigenvalue weighted by Crippen LogP contribution is 2.07. The van der Waals surface area contributed by atoms with Gasteiger partial charge in [-0.15, -0.1) is 0 Å². The average molecular weight is 252 g/mol. The summed E-state index contributed by atoms with van der Waals surface area (Å²) in [6, 6.07) is 8.18. The maximum atomic E-state index is 11.8.